The predicted molar refractivity (Wildman–Crippen MR) is 79.9 cm³/mol. The van der Waals surface area contributed by atoms with Gasteiger partial charge in [-0.05, 0) is 43.9 Å². The van der Waals surface area contributed by atoms with Gasteiger partial charge in [0.05, 0.1) is 11.9 Å². The summed E-state index contributed by atoms with van der Waals surface area (Å²) in [4.78, 5) is 4.41. The molecule has 1 unspecified atom stereocenters. The van der Waals surface area contributed by atoms with Crippen LogP contribution in [0.2, 0.25) is 0 Å². The van der Waals surface area contributed by atoms with Gasteiger partial charge < -0.3 is 5.32 Å². The summed E-state index contributed by atoms with van der Waals surface area (Å²) in [6.07, 6.45) is 7.34. The quantitative estimate of drug-likeness (QED) is 0.929. The van der Waals surface area contributed by atoms with Gasteiger partial charge in [-0.1, -0.05) is 19.9 Å². The van der Waals surface area contributed by atoms with E-state index in [9.17, 15) is 0 Å². The van der Waals surface area contributed by atoms with Crippen LogP contribution >= 0.6 is 0 Å². The summed E-state index contributed by atoms with van der Waals surface area (Å²) in [6, 6.07) is 6.40. The molecule has 2 aromatic heterocycles. The van der Waals surface area contributed by atoms with Gasteiger partial charge in [0.1, 0.15) is 0 Å². The van der Waals surface area contributed by atoms with Crippen molar-refractivity contribution in [2.45, 2.75) is 39.2 Å². The molecular formula is C16H22N4. The number of rotatable bonds is 4. The Morgan fingerprint density at radius 1 is 1.40 bits per heavy atom. The monoisotopic (exact) mass is 270 g/mol. The fourth-order valence-electron chi connectivity index (χ4n) is 2.82. The van der Waals surface area contributed by atoms with E-state index in [1.54, 1.807) is 0 Å². The Kier molecular flexibility index (Phi) is 3.83. The summed E-state index contributed by atoms with van der Waals surface area (Å²) in [5, 5.41) is 8.23. The van der Waals surface area contributed by atoms with Crippen molar-refractivity contribution in [2.24, 2.45) is 5.92 Å². The Morgan fingerprint density at radius 2 is 2.30 bits per heavy atom. The summed E-state index contributed by atoms with van der Waals surface area (Å²) in [5.74, 6) is 1.59. The zero-order valence-corrected chi connectivity index (χ0v) is 12.2. The second-order valence-electron chi connectivity index (χ2n) is 5.89. The molecule has 1 N–H and O–H groups in total. The molecule has 20 heavy (non-hydrogen) atoms. The summed E-state index contributed by atoms with van der Waals surface area (Å²) >= 11 is 0. The van der Waals surface area contributed by atoms with Gasteiger partial charge in [-0.15, -0.1) is 0 Å². The van der Waals surface area contributed by atoms with Crippen LogP contribution in [0.4, 0.5) is 0 Å². The van der Waals surface area contributed by atoms with E-state index >= 15 is 0 Å². The third kappa shape index (κ3) is 2.61. The first-order chi connectivity index (χ1) is 9.75. The van der Waals surface area contributed by atoms with Crippen LogP contribution in [0.3, 0.4) is 0 Å². The fraction of sp³-hybridized carbons (Fsp3) is 0.500. The maximum absolute atomic E-state index is 4.56. The molecule has 1 aliphatic carbocycles. The molecule has 0 fully saturated rings. The van der Waals surface area contributed by atoms with E-state index in [1.807, 2.05) is 35.3 Å². The Hall–Kier alpha value is -1.68. The topological polar surface area (TPSA) is 42.7 Å². The van der Waals surface area contributed by atoms with E-state index in [-0.39, 0.29) is 0 Å². The SMILES string of the molecule is CC(C)CNC1CCCc2c1cnn2-c1ccccn1. The molecule has 3 rings (SSSR count). The second-order valence-corrected chi connectivity index (χ2v) is 5.89. The van der Waals surface area contributed by atoms with Crippen molar-refractivity contribution in [1.82, 2.24) is 20.1 Å². The average molecular weight is 270 g/mol. The standard InChI is InChI=1S/C16H22N4/c1-12(2)10-18-14-6-5-7-15-13(14)11-19-20(15)16-8-3-4-9-17-16/h3-4,8-9,11-12,14,18H,5-7,10H2,1-2H3. The Balaban J connectivity index is 1.87. The minimum atomic E-state index is 0.443. The lowest BCUT2D eigenvalue weighted by Crippen LogP contribution is -2.28. The first kappa shape index (κ1) is 13.3. The van der Waals surface area contributed by atoms with Crippen LogP contribution in [0, 0.1) is 5.92 Å². The number of hydrogen-bond donors (Lipinski definition) is 1. The molecule has 0 aromatic carbocycles. The Bertz CT molecular complexity index is 559. The second kappa shape index (κ2) is 5.75. The van der Waals surface area contributed by atoms with Gasteiger partial charge in [-0.3, -0.25) is 0 Å². The Labute approximate surface area is 120 Å². The van der Waals surface area contributed by atoms with Crippen LogP contribution in [0.5, 0.6) is 0 Å². The molecule has 2 heterocycles. The Morgan fingerprint density at radius 3 is 3.05 bits per heavy atom. The van der Waals surface area contributed by atoms with Crippen LogP contribution in [-0.2, 0) is 6.42 Å². The van der Waals surface area contributed by atoms with Crippen LogP contribution in [-0.4, -0.2) is 21.3 Å². The van der Waals surface area contributed by atoms with E-state index < -0.39 is 0 Å². The number of aromatic nitrogens is 3. The highest BCUT2D eigenvalue weighted by Crippen LogP contribution is 2.30. The number of nitrogens with one attached hydrogen (secondary N) is 1. The van der Waals surface area contributed by atoms with Gasteiger partial charge >= 0.3 is 0 Å². The van der Waals surface area contributed by atoms with Crippen molar-refractivity contribution < 1.29 is 0 Å². The number of nitrogens with zero attached hydrogens (tertiary/aromatic N) is 3. The van der Waals surface area contributed by atoms with E-state index in [1.165, 1.54) is 24.1 Å². The van der Waals surface area contributed by atoms with Crippen molar-refractivity contribution in [3.63, 3.8) is 0 Å². The number of fused-ring (bicyclic) bond motifs is 1. The molecule has 0 saturated heterocycles. The van der Waals surface area contributed by atoms with Gasteiger partial charge in [0.25, 0.3) is 0 Å². The zero-order chi connectivity index (χ0) is 13.9. The minimum Gasteiger partial charge on any atom is -0.310 e. The van der Waals surface area contributed by atoms with Crippen LogP contribution in [0.25, 0.3) is 5.82 Å². The van der Waals surface area contributed by atoms with Gasteiger partial charge in [0.2, 0.25) is 0 Å². The largest absolute Gasteiger partial charge is 0.310 e. The maximum Gasteiger partial charge on any atom is 0.153 e. The lowest BCUT2D eigenvalue weighted by atomic mass is 9.92. The summed E-state index contributed by atoms with van der Waals surface area (Å²) in [7, 11) is 0. The molecule has 2 aromatic rings. The van der Waals surface area contributed by atoms with Gasteiger partial charge in [-0.2, -0.15) is 5.10 Å². The van der Waals surface area contributed by atoms with Gasteiger partial charge in [0.15, 0.2) is 5.82 Å². The number of pyridine rings is 1. The van der Waals surface area contributed by atoms with E-state index in [4.69, 9.17) is 0 Å². The van der Waals surface area contributed by atoms with Crippen molar-refractivity contribution in [3.05, 3.63) is 41.9 Å². The lowest BCUT2D eigenvalue weighted by molar-refractivity contribution is 0.424. The molecule has 0 amide bonds. The predicted octanol–water partition coefficient (Wildman–Crippen LogP) is 2.89. The molecule has 0 aliphatic heterocycles. The molecule has 0 bridgehead atoms. The van der Waals surface area contributed by atoms with Crippen LogP contribution in [0.15, 0.2) is 30.6 Å². The van der Waals surface area contributed by atoms with Crippen LogP contribution < -0.4 is 5.32 Å². The zero-order valence-electron chi connectivity index (χ0n) is 12.2. The highest BCUT2D eigenvalue weighted by atomic mass is 15.3. The maximum atomic E-state index is 4.56. The molecular weight excluding hydrogens is 248 g/mol. The average Bonchev–Trinajstić information content (AvgIpc) is 2.90. The lowest BCUT2D eigenvalue weighted by Gasteiger charge is -2.25. The third-order valence-corrected chi connectivity index (χ3v) is 3.82. The minimum absolute atomic E-state index is 0.443. The molecule has 1 aliphatic rings. The highest BCUT2D eigenvalue weighted by molar-refractivity contribution is 5.32. The molecule has 0 saturated carbocycles. The van der Waals surface area contributed by atoms with E-state index in [0.29, 0.717) is 12.0 Å². The van der Waals surface area contributed by atoms with E-state index in [0.717, 1.165) is 18.8 Å². The molecule has 106 valence electrons. The highest BCUT2D eigenvalue weighted by Gasteiger charge is 2.24. The van der Waals surface area contributed by atoms with Crippen molar-refractivity contribution in [2.75, 3.05) is 6.54 Å². The first-order valence-electron chi connectivity index (χ1n) is 7.47. The molecule has 4 nitrogen and oxygen atoms in total. The number of hydrogen-bond acceptors (Lipinski definition) is 3. The van der Waals surface area contributed by atoms with E-state index in [2.05, 4.69) is 29.2 Å². The van der Waals surface area contributed by atoms with Crippen LogP contribution in [0.1, 0.15) is 44.0 Å². The van der Waals surface area contributed by atoms with Crippen molar-refractivity contribution >= 4 is 0 Å². The summed E-state index contributed by atoms with van der Waals surface area (Å²) < 4.78 is 2.00. The summed E-state index contributed by atoms with van der Waals surface area (Å²) in [6.45, 7) is 5.54. The molecule has 4 heteroatoms. The van der Waals surface area contributed by atoms with Crippen molar-refractivity contribution in [3.8, 4) is 5.82 Å². The normalized spacial score (nSPS) is 18.2. The smallest absolute Gasteiger partial charge is 0.153 e. The third-order valence-electron chi connectivity index (χ3n) is 3.82. The first-order valence-corrected chi connectivity index (χ1v) is 7.47. The fourth-order valence-corrected chi connectivity index (χ4v) is 2.82. The summed E-state index contributed by atoms with van der Waals surface area (Å²) in [5.41, 5.74) is 2.67. The molecule has 0 radical (unpaired) electrons. The molecule has 1 atom stereocenters. The van der Waals surface area contributed by atoms with Crippen molar-refractivity contribution in [1.29, 1.82) is 0 Å². The van der Waals surface area contributed by atoms with Gasteiger partial charge in [-0.25, -0.2) is 9.67 Å². The van der Waals surface area contributed by atoms with Gasteiger partial charge in [0, 0.05) is 17.8 Å². The molecule has 0 spiro atoms.